The molecule has 1 aromatic heterocycles. The van der Waals surface area contributed by atoms with Crippen molar-refractivity contribution in [3.8, 4) is 0 Å². The highest BCUT2D eigenvalue weighted by atomic mass is 32.1. The lowest BCUT2D eigenvalue weighted by Crippen LogP contribution is -2.46. The first-order chi connectivity index (χ1) is 15.5. The van der Waals surface area contributed by atoms with E-state index in [1.54, 1.807) is 11.0 Å². The molecule has 0 spiro atoms. The molecule has 1 saturated heterocycles. The fourth-order valence-corrected chi connectivity index (χ4v) is 4.65. The minimum Gasteiger partial charge on any atom is -0.325 e. The Balaban J connectivity index is 1.59. The summed E-state index contributed by atoms with van der Waals surface area (Å²) in [7, 11) is 0. The van der Waals surface area contributed by atoms with E-state index >= 15 is 0 Å². The number of rotatable bonds is 7. The second kappa shape index (κ2) is 9.49. The fraction of sp³-hybridized carbons (Fsp3) is 0.269. The summed E-state index contributed by atoms with van der Waals surface area (Å²) >= 11 is 1.34. The fourth-order valence-electron chi connectivity index (χ4n) is 3.97. The molecule has 0 bridgehead atoms. The van der Waals surface area contributed by atoms with Gasteiger partial charge in [-0.15, -0.1) is 11.3 Å². The van der Waals surface area contributed by atoms with Gasteiger partial charge < -0.3 is 4.90 Å². The lowest BCUT2D eigenvalue weighted by Gasteiger charge is -2.27. The van der Waals surface area contributed by atoms with Crippen LogP contribution in [-0.4, -0.2) is 35.2 Å². The Morgan fingerprint density at radius 2 is 1.75 bits per heavy atom. The van der Waals surface area contributed by atoms with Crippen molar-refractivity contribution in [2.24, 2.45) is 0 Å². The summed E-state index contributed by atoms with van der Waals surface area (Å²) in [6.07, 6.45) is 0.607. The SMILES string of the molecule is CC(C)c1ccc(N2C(=O)CC(N(CCc3ccccc3)C(=O)c3cccs3)C2=O)cc1. The third-order valence-corrected chi connectivity index (χ3v) is 6.65. The van der Waals surface area contributed by atoms with Crippen molar-refractivity contribution < 1.29 is 14.4 Å². The zero-order chi connectivity index (χ0) is 22.7. The minimum absolute atomic E-state index is 0.00330. The Kier molecular flexibility index (Phi) is 6.51. The van der Waals surface area contributed by atoms with E-state index in [9.17, 15) is 14.4 Å². The number of imide groups is 1. The number of amides is 3. The molecular formula is C26H26N2O3S. The minimum atomic E-state index is -0.800. The van der Waals surface area contributed by atoms with Crippen molar-refractivity contribution in [3.63, 3.8) is 0 Å². The van der Waals surface area contributed by atoms with E-state index in [1.165, 1.54) is 16.2 Å². The van der Waals surface area contributed by atoms with Gasteiger partial charge in [-0.3, -0.25) is 14.4 Å². The molecule has 1 aliphatic rings. The second-order valence-electron chi connectivity index (χ2n) is 8.24. The topological polar surface area (TPSA) is 57.7 Å². The van der Waals surface area contributed by atoms with Crippen LogP contribution in [0, 0.1) is 0 Å². The molecule has 1 atom stereocenters. The van der Waals surface area contributed by atoms with Crippen molar-refractivity contribution in [2.45, 2.75) is 38.6 Å². The second-order valence-corrected chi connectivity index (χ2v) is 9.19. The average molecular weight is 447 g/mol. The summed E-state index contributed by atoms with van der Waals surface area (Å²) in [5.41, 5.74) is 2.77. The molecule has 0 radical (unpaired) electrons. The predicted molar refractivity (Wildman–Crippen MR) is 127 cm³/mol. The average Bonchev–Trinajstić information content (AvgIpc) is 3.43. The molecule has 1 fully saturated rings. The van der Waals surface area contributed by atoms with Gasteiger partial charge >= 0.3 is 0 Å². The molecule has 2 heterocycles. The first-order valence-electron chi connectivity index (χ1n) is 10.8. The van der Waals surface area contributed by atoms with Gasteiger partial charge in [0.1, 0.15) is 6.04 Å². The smallest absolute Gasteiger partial charge is 0.264 e. The highest BCUT2D eigenvalue weighted by Crippen LogP contribution is 2.29. The first-order valence-corrected chi connectivity index (χ1v) is 11.7. The summed E-state index contributed by atoms with van der Waals surface area (Å²) in [6, 6.07) is 20.1. The molecule has 0 N–H and O–H groups in total. The summed E-state index contributed by atoms with van der Waals surface area (Å²) in [4.78, 5) is 42.9. The molecule has 0 saturated carbocycles. The van der Waals surface area contributed by atoms with Crippen LogP contribution in [0.2, 0.25) is 0 Å². The maximum Gasteiger partial charge on any atom is 0.264 e. The molecule has 32 heavy (non-hydrogen) atoms. The Bertz CT molecular complexity index is 1090. The number of carbonyl (C=O) groups excluding carboxylic acids is 3. The van der Waals surface area contributed by atoms with Gasteiger partial charge in [-0.2, -0.15) is 0 Å². The van der Waals surface area contributed by atoms with Gasteiger partial charge in [0.25, 0.3) is 11.8 Å². The van der Waals surface area contributed by atoms with Crippen molar-refractivity contribution in [3.05, 3.63) is 88.1 Å². The van der Waals surface area contributed by atoms with Gasteiger partial charge in [0.15, 0.2) is 0 Å². The van der Waals surface area contributed by atoms with E-state index in [0.717, 1.165) is 11.1 Å². The quantitative estimate of drug-likeness (QED) is 0.486. The van der Waals surface area contributed by atoms with Gasteiger partial charge in [0.05, 0.1) is 17.0 Å². The zero-order valence-electron chi connectivity index (χ0n) is 18.2. The Morgan fingerprint density at radius 1 is 1.03 bits per heavy atom. The Hall–Kier alpha value is -3.25. The summed E-state index contributed by atoms with van der Waals surface area (Å²) in [5, 5.41) is 1.84. The van der Waals surface area contributed by atoms with Crippen molar-refractivity contribution in [1.29, 1.82) is 0 Å². The van der Waals surface area contributed by atoms with Crippen LogP contribution in [-0.2, 0) is 16.0 Å². The highest BCUT2D eigenvalue weighted by Gasteiger charge is 2.44. The van der Waals surface area contributed by atoms with E-state index in [4.69, 9.17) is 0 Å². The molecule has 1 unspecified atom stereocenters. The van der Waals surface area contributed by atoms with E-state index in [0.29, 0.717) is 29.4 Å². The normalized spacial score (nSPS) is 16.1. The van der Waals surface area contributed by atoms with Gasteiger partial charge in [-0.1, -0.05) is 62.4 Å². The lowest BCUT2D eigenvalue weighted by atomic mass is 10.0. The number of thiophene rings is 1. The van der Waals surface area contributed by atoms with E-state index in [-0.39, 0.29) is 24.1 Å². The standard InChI is InChI=1S/C26H26N2O3S/c1-18(2)20-10-12-21(13-11-20)28-24(29)17-22(25(28)30)27(26(31)23-9-6-16-32-23)15-14-19-7-4-3-5-8-19/h3-13,16,18,22H,14-15,17H2,1-2H3. The molecule has 2 aromatic carbocycles. The number of hydrogen-bond acceptors (Lipinski definition) is 4. The summed E-state index contributed by atoms with van der Waals surface area (Å²) < 4.78 is 0. The molecule has 3 amide bonds. The van der Waals surface area contributed by atoms with E-state index in [1.807, 2.05) is 66.0 Å². The van der Waals surface area contributed by atoms with Gasteiger partial charge in [-0.25, -0.2) is 4.90 Å². The van der Waals surface area contributed by atoms with Crippen LogP contribution in [0.5, 0.6) is 0 Å². The largest absolute Gasteiger partial charge is 0.325 e. The Morgan fingerprint density at radius 3 is 2.38 bits per heavy atom. The zero-order valence-corrected chi connectivity index (χ0v) is 19.0. The maximum absolute atomic E-state index is 13.4. The molecule has 4 rings (SSSR count). The van der Waals surface area contributed by atoms with Crippen LogP contribution in [0.25, 0.3) is 0 Å². The third kappa shape index (κ3) is 4.50. The van der Waals surface area contributed by atoms with Crippen LogP contribution < -0.4 is 4.90 Å². The molecule has 164 valence electrons. The van der Waals surface area contributed by atoms with Crippen LogP contribution in [0.3, 0.4) is 0 Å². The Labute approximate surface area is 192 Å². The van der Waals surface area contributed by atoms with Crippen molar-refractivity contribution in [2.75, 3.05) is 11.4 Å². The number of anilines is 1. The first kappa shape index (κ1) is 22.0. The molecular weight excluding hydrogens is 420 g/mol. The third-order valence-electron chi connectivity index (χ3n) is 5.79. The predicted octanol–water partition coefficient (Wildman–Crippen LogP) is 4.89. The molecule has 1 aliphatic heterocycles. The van der Waals surface area contributed by atoms with Gasteiger partial charge in [0.2, 0.25) is 5.91 Å². The van der Waals surface area contributed by atoms with Crippen molar-refractivity contribution >= 4 is 34.7 Å². The monoisotopic (exact) mass is 446 g/mol. The summed E-state index contributed by atoms with van der Waals surface area (Å²) in [5.74, 6) is -0.469. The van der Waals surface area contributed by atoms with Gasteiger partial charge in [0, 0.05) is 6.54 Å². The number of carbonyl (C=O) groups is 3. The number of hydrogen-bond donors (Lipinski definition) is 0. The molecule has 5 nitrogen and oxygen atoms in total. The number of benzene rings is 2. The maximum atomic E-state index is 13.4. The lowest BCUT2D eigenvalue weighted by molar-refractivity contribution is -0.122. The van der Waals surface area contributed by atoms with E-state index in [2.05, 4.69) is 13.8 Å². The van der Waals surface area contributed by atoms with Gasteiger partial charge in [-0.05, 0) is 47.0 Å². The van der Waals surface area contributed by atoms with Crippen molar-refractivity contribution in [1.82, 2.24) is 4.90 Å². The van der Waals surface area contributed by atoms with Crippen LogP contribution >= 0.6 is 11.3 Å². The summed E-state index contributed by atoms with van der Waals surface area (Å²) in [6.45, 7) is 4.56. The van der Waals surface area contributed by atoms with Crippen LogP contribution in [0.15, 0.2) is 72.1 Å². The van der Waals surface area contributed by atoms with Crippen LogP contribution in [0.1, 0.15) is 47.0 Å². The molecule has 3 aromatic rings. The molecule has 0 aliphatic carbocycles. The van der Waals surface area contributed by atoms with E-state index < -0.39 is 6.04 Å². The highest BCUT2D eigenvalue weighted by molar-refractivity contribution is 7.12. The van der Waals surface area contributed by atoms with Crippen LogP contribution in [0.4, 0.5) is 5.69 Å². The molecule has 6 heteroatoms. The number of nitrogens with zero attached hydrogens (tertiary/aromatic N) is 2.